The monoisotopic (exact) mass is 243 g/mol. The molecule has 0 bridgehead atoms. The number of para-hydroxylation sites is 1. The number of hydrogen-bond acceptors (Lipinski definition) is 2. The third kappa shape index (κ3) is 3.20. The first-order chi connectivity index (χ1) is 8.79. The number of nitrogens with zero attached hydrogens (tertiary/aromatic N) is 2. The van der Waals surface area contributed by atoms with Gasteiger partial charge in [-0.15, -0.1) is 0 Å². The van der Waals surface area contributed by atoms with Gasteiger partial charge >= 0.3 is 0 Å². The van der Waals surface area contributed by atoms with Gasteiger partial charge in [-0.25, -0.2) is 4.98 Å². The van der Waals surface area contributed by atoms with Crippen molar-refractivity contribution in [3.05, 3.63) is 48.5 Å². The lowest BCUT2D eigenvalue weighted by atomic mass is 10.3. The maximum atomic E-state index is 11.9. The second-order valence-corrected chi connectivity index (χ2v) is 4.14. The standard InChI is InChI=1S/C14H17N3O/c1-2-6-13-15-9-10-17(13)11-14(18)16-12-7-4-3-5-8-12/h3-5,7-10H,2,6,11H2,1H3,(H,16,18). The Balaban J connectivity index is 1.97. The number of hydrogen-bond donors (Lipinski definition) is 1. The van der Waals surface area contributed by atoms with Gasteiger partial charge in [-0.1, -0.05) is 25.1 Å². The first kappa shape index (κ1) is 12.4. The van der Waals surface area contributed by atoms with Gasteiger partial charge in [0, 0.05) is 24.5 Å². The highest BCUT2D eigenvalue weighted by Gasteiger charge is 2.07. The van der Waals surface area contributed by atoms with Gasteiger partial charge in [-0.2, -0.15) is 0 Å². The zero-order valence-corrected chi connectivity index (χ0v) is 10.5. The normalized spacial score (nSPS) is 10.3. The molecule has 0 aliphatic heterocycles. The van der Waals surface area contributed by atoms with Gasteiger partial charge in [0.05, 0.1) is 0 Å². The minimum Gasteiger partial charge on any atom is -0.326 e. The molecule has 1 aromatic carbocycles. The molecule has 94 valence electrons. The van der Waals surface area contributed by atoms with Gasteiger partial charge in [0.25, 0.3) is 0 Å². The van der Waals surface area contributed by atoms with Crippen LogP contribution in [0.5, 0.6) is 0 Å². The van der Waals surface area contributed by atoms with Crippen LogP contribution in [-0.2, 0) is 17.8 Å². The molecule has 2 aromatic rings. The van der Waals surface area contributed by atoms with Crippen LogP contribution in [0.4, 0.5) is 5.69 Å². The molecule has 0 atom stereocenters. The number of aromatic nitrogens is 2. The fraction of sp³-hybridized carbons (Fsp3) is 0.286. The Kier molecular flexibility index (Phi) is 4.12. The van der Waals surface area contributed by atoms with Crippen LogP contribution in [0.2, 0.25) is 0 Å². The summed E-state index contributed by atoms with van der Waals surface area (Å²) in [5.41, 5.74) is 0.819. The Morgan fingerprint density at radius 2 is 2.11 bits per heavy atom. The number of carbonyl (C=O) groups excluding carboxylic acids is 1. The Labute approximate surface area is 107 Å². The number of rotatable bonds is 5. The molecule has 0 saturated heterocycles. The molecule has 4 heteroatoms. The second kappa shape index (κ2) is 6.00. The molecule has 0 fully saturated rings. The highest BCUT2D eigenvalue weighted by Crippen LogP contribution is 2.06. The molecule has 1 aromatic heterocycles. The van der Waals surface area contributed by atoms with E-state index in [9.17, 15) is 4.79 Å². The summed E-state index contributed by atoms with van der Waals surface area (Å²) in [6.07, 6.45) is 5.50. The summed E-state index contributed by atoms with van der Waals surface area (Å²) in [4.78, 5) is 16.1. The predicted octanol–water partition coefficient (Wildman–Crippen LogP) is 2.47. The van der Waals surface area contributed by atoms with Crippen molar-refractivity contribution in [2.45, 2.75) is 26.3 Å². The summed E-state index contributed by atoms with van der Waals surface area (Å²) in [5, 5.41) is 2.86. The van der Waals surface area contributed by atoms with E-state index in [0.29, 0.717) is 6.54 Å². The lowest BCUT2D eigenvalue weighted by Crippen LogP contribution is -2.19. The van der Waals surface area contributed by atoms with Crippen LogP contribution in [0.15, 0.2) is 42.7 Å². The van der Waals surface area contributed by atoms with Crippen LogP contribution >= 0.6 is 0 Å². The zero-order chi connectivity index (χ0) is 12.8. The van der Waals surface area contributed by atoms with Crippen LogP contribution in [0.1, 0.15) is 19.2 Å². The summed E-state index contributed by atoms with van der Waals surface area (Å²) < 4.78 is 1.89. The van der Waals surface area contributed by atoms with E-state index in [4.69, 9.17) is 0 Å². The first-order valence-electron chi connectivity index (χ1n) is 6.14. The summed E-state index contributed by atoms with van der Waals surface area (Å²) in [7, 11) is 0. The quantitative estimate of drug-likeness (QED) is 0.877. The first-order valence-corrected chi connectivity index (χ1v) is 6.14. The summed E-state index contributed by atoms with van der Waals surface area (Å²) in [6, 6.07) is 9.47. The van der Waals surface area contributed by atoms with Gasteiger partial charge in [0.1, 0.15) is 12.4 Å². The predicted molar refractivity (Wildman–Crippen MR) is 71.3 cm³/mol. The summed E-state index contributed by atoms with van der Waals surface area (Å²) in [6.45, 7) is 2.41. The Bertz CT molecular complexity index is 505. The van der Waals surface area contributed by atoms with Gasteiger partial charge in [-0.05, 0) is 18.6 Å². The van der Waals surface area contributed by atoms with E-state index in [0.717, 1.165) is 24.4 Å². The number of nitrogens with one attached hydrogen (secondary N) is 1. The number of carbonyl (C=O) groups is 1. The number of anilines is 1. The number of benzene rings is 1. The molecule has 18 heavy (non-hydrogen) atoms. The van der Waals surface area contributed by atoms with Crippen molar-refractivity contribution in [3.8, 4) is 0 Å². The average molecular weight is 243 g/mol. The average Bonchev–Trinajstić information content (AvgIpc) is 2.78. The summed E-state index contributed by atoms with van der Waals surface area (Å²) in [5.74, 6) is 0.928. The van der Waals surface area contributed by atoms with E-state index in [2.05, 4.69) is 17.2 Å². The maximum Gasteiger partial charge on any atom is 0.244 e. The molecule has 0 spiro atoms. The van der Waals surface area contributed by atoms with E-state index < -0.39 is 0 Å². The fourth-order valence-electron chi connectivity index (χ4n) is 1.81. The van der Waals surface area contributed by atoms with Crippen molar-refractivity contribution in [1.82, 2.24) is 9.55 Å². The molecular formula is C14H17N3O. The van der Waals surface area contributed by atoms with Crippen LogP contribution in [0.3, 0.4) is 0 Å². The molecule has 0 aliphatic carbocycles. The van der Waals surface area contributed by atoms with Crippen molar-refractivity contribution in [2.75, 3.05) is 5.32 Å². The Morgan fingerprint density at radius 3 is 2.83 bits per heavy atom. The maximum absolute atomic E-state index is 11.9. The SMILES string of the molecule is CCCc1nccn1CC(=O)Nc1ccccc1. The summed E-state index contributed by atoms with van der Waals surface area (Å²) >= 11 is 0. The Hall–Kier alpha value is -2.10. The third-order valence-corrected chi connectivity index (χ3v) is 2.65. The van der Waals surface area contributed by atoms with E-state index in [-0.39, 0.29) is 5.91 Å². The molecule has 0 aliphatic rings. The van der Waals surface area contributed by atoms with Crippen LogP contribution in [0.25, 0.3) is 0 Å². The number of amides is 1. The van der Waals surface area contributed by atoms with Gasteiger partial charge in [0.15, 0.2) is 0 Å². The molecule has 1 N–H and O–H groups in total. The lowest BCUT2D eigenvalue weighted by molar-refractivity contribution is -0.116. The van der Waals surface area contributed by atoms with E-state index >= 15 is 0 Å². The number of aryl methyl sites for hydroxylation is 1. The van der Waals surface area contributed by atoms with Crippen molar-refractivity contribution in [1.29, 1.82) is 0 Å². The van der Waals surface area contributed by atoms with E-state index in [1.54, 1.807) is 6.20 Å². The minimum atomic E-state index is -0.0310. The van der Waals surface area contributed by atoms with Gasteiger partial charge in [-0.3, -0.25) is 4.79 Å². The van der Waals surface area contributed by atoms with Crippen LogP contribution < -0.4 is 5.32 Å². The molecular weight excluding hydrogens is 226 g/mol. The smallest absolute Gasteiger partial charge is 0.244 e. The Morgan fingerprint density at radius 1 is 1.33 bits per heavy atom. The molecule has 0 saturated carbocycles. The van der Waals surface area contributed by atoms with Crippen LogP contribution in [-0.4, -0.2) is 15.5 Å². The van der Waals surface area contributed by atoms with Crippen molar-refractivity contribution in [2.24, 2.45) is 0 Å². The van der Waals surface area contributed by atoms with Crippen molar-refractivity contribution in [3.63, 3.8) is 0 Å². The number of imidazole rings is 1. The highest BCUT2D eigenvalue weighted by molar-refractivity contribution is 5.90. The molecule has 0 unspecified atom stereocenters. The lowest BCUT2D eigenvalue weighted by Gasteiger charge is -2.08. The van der Waals surface area contributed by atoms with Crippen molar-refractivity contribution < 1.29 is 4.79 Å². The van der Waals surface area contributed by atoms with Crippen molar-refractivity contribution >= 4 is 11.6 Å². The topological polar surface area (TPSA) is 46.9 Å². The van der Waals surface area contributed by atoms with Gasteiger partial charge < -0.3 is 9.88 Å². The molecule has 1 amide bonds. The fourth-order valence-corrected chi connectivity index (χ4v) is 1.81. The third-order valence-electron chi connectivity index (χ3n) is 2.65. The molecule has 0 radical (unpaired) electrons. The molecule has 1 heterocycles. The van der Waals surface area contributed by atoms with E-state index in [1.165, 1.54) is 0 Å². The zero-order valence-electron chi connectivity index (χ0n) is 10.5. The van der Waals surface area contributed by atoms with Crippen LogP contribution in [0, 0.1) is 0 Å². The minimum absolute atomic E-state index is 0.0310. The largest absolute Gasteiger partial charge is 0.326 e. The highest BCUT2D eigenvalue weighted by atomic mass is 16.1. The second-order valence-electron chi connectivity index (χ2n) is 4.14. The van der Waals surface area contributed by atoms with E-state index in [1.807, 2.05) is 41.1 Å². The molecule has 2 rings (SSSR count). The van der Waals surface area contributed by atoms with Gasteiger partial charge in [0.2, 0.25) is 5.91 Å². The molecule has 4 nitrogen and oxygen atoms in total.